The van der Waals surface area contributed by atoms with Crippen LogP contribution in [0.3, 0.4) is 0 Å². The van der Waals surface area contributed by atoms with E-state index in [2.05, 4.69) is 4.99 Å². The van der Waals surface area contributed by atoms with Gasteiger partial charge in [-0.25, -0.2) is 4.99 Å². The molecule has 8 nitrogen and oxygen atoms in total. The summed E-state index contributed by atoms with van der Waals surface area (Å²) in [6.07, 6.45) is 1.25. The van der Waals surface area contributed by atoms with Crippen LogP contribution in [0.2, 0.25) is 0 Å². The van der Waals surface area contributed by atoms with Crippen molar-refractivity contribution in [2.24, 2.45) is 4.99 Å². The molecule has 2 N–H and O–H groups in total. The minimum absolute atomic E-state index is 0.000661. The lowest BCUT2D eigenvalue weighted by Gasteiger charge is -2.32. The monoisotopic (exact) mass is 398 g/mol. The van der Waals surface area contributed by atoms with Crippen molar-refractivity contribution in [3.05, 3.63) is 41.5 Å². The highest BCUT2D eigenvalue weighted by Crippen LogP contribution is 2.23. The van der Waals surface area contributed by atoms with Crippen LogP contribution in [-0.2, 0) is 19.0 Å². The molecule has 8 heteroatoms. The third-order valence-corrected chi connectivity index (χ3v) is 5.01. The zero-order chi connectivity index (χ0) is 21.0. The molecule has 0 bridgehead atoms. The lowest BCUT2D eigenvalue weighted by atomic mass is 10.0. The number of aliphatic imine (C=N–C) groups is 1. The van der Waals surface area contributed by atoms with Gasteiger partial charge in [0.05, 0.1) is 30.7 Å². The standard InChI is InChI=1S/C21H26N4O4/c1-13(27-3)15-4-6-16(7-5-15)19-10-18(22)20(23)21(24-19)29-12-17-11-25(14(2)26)8-9-28-17/h4-7,10,13,17,22-23H,8-9,11-12H2,1-3H3/t13?,17-/m0/s1. The fraction of sp³-hybridized carbons (Fsp3) is 0.429. The van der Waals surface area contributed by atoms with Crippen LogP contribution in [0, 0.1) is 10.8 Å². The summed E-state index contributed by atoms with van der Waals surface area (Å²) in [5.41, 5.74) is 2.40. The van der Waals surface area contributed by atoms with Crippen molar-refractivity contribution in [2.45, 2.75) is 26.1 Å². The molecule has 2 aliphatic rings. The lowest BCUT2D eigenvalue weighted by Crippen LogP contribution is -2.47. The van der Waals surface area contributed by atoms with E-state index in [-0.39, 0.29) is 42.0 Å². The molecule has 2 aliphatic heterocycles. The van der Waals surface area contributed by atoms with Crippen molar-refractivity contribution in [1.82, 2.24) is 4.90 Å². The quantitative estimate of drug-likeness (QED) is 0.794. The number of hydrogen-bond acceptors (Lipinski definition) is 7. The van der Waals surface area contributed by atoms with Crippen molar-refractivity contribution >= 4 is 28.9 Å². The number of carbonyl (C=O) groups excluding carboxylic acids is 1. The van der Waals surface area contributed by atoms with Crippen LogP contribution in [0.1, 0.15) is 31.1 Å². The Morgan fingerprint density at radius 1 is 1.34 bits per heavy atom. The van der Waals surface area contributed by atoms with Gasteiger partial charge in [0.1, 0.15) is 18.4 Å². The van der Waals surface area contributed by atoms with Gasteiger partial charge in [-0.15, -0.1) is 0 Å². The molecule has 1 amide bonds. The summed E-state index contributed by atoms with van der Waals surface area (Å²) in [6, 6.07) is 7.73. The van der Waals surface area contributed by atoms with Gasteiger partial charge in [0.2, 0.25) is 11.8 Å². The predicted octanol–water partition coefficient (Wildman–Crippen LogP) is 2.45. The number of morpholine rings is 1. The van der Waals surface area contributed by atoms with Crippen molar-refractivity contribution in [1.29, 1.82) is 10.8 Å². The molecule has 1 aromatic rings. The van der Waals surface area contributed by atoms with Crippen LogP contribution in [-0.4, -0.2) is 67.6 Å². The van der Waals surface area contributed by atoms with Gasteiger partial charge < -0.3 is 19.1 Å². The first-order valence-electron chi connectivity index (χ1n) is 9.50. The molecule has 0 spiro atoms. The third-order valence-electron chi connectivity index (χ3n) is 5.01. The number of ether oxygens (including phenoxy) is 3. The molecule has 0 saturated carbocycles. The Bertz CT molecular complexity index is 860. The van der Waals surface area contributed by atoms with E-state index in [1.807, 2.05) is 31.2 Å². The Kier molecular flexibility index (Phi) is 6.56. The molecule has 3 rings (SSSR count). The summed E-state index contributed by atoms with van der Waals surface area (Å²) in [6.45, 7) is 5.12. The Morgan fingerprint density at radius 3 is 2.72 bits per heavy atom. The molecule has 1 unspecified atom stereocenters. The van der Waals surface area contributed by atoms with Crippen LogP contribution in [0.5, 0.6) is 0 Å². The number of hydrogen-bond donors (Lipinski definition) is 2. The average Bonchev–Trinajstić information content (AvgIpc) is 2.74. The Morgan fingerprint density at radius 2 is 2.07 bits per heavy atom. The van der Waals surface area contributed by atoms with Gasteiger partial charge in [0.15, 0.2) is 0 Å². The Hall–Kier alpha value is -2.84. The number of benzene rings is 1. The number of amides is 1. The normalized spacial score (nSPS) is 20.8. The molecule has 2 atom stereocenters. The van der Waals surface area contributed by atoms with Gasteiger partial charge in [-0.05, 0) is 18.6 Å². The molecular formula is C21H26N4O4. The molecule has 0 aliphatic carbocycles. The number of nitrogens with zero attached hydrogens (tertiary/aromatic N) is 2. The van der Waals surface area contributed by atoms with E-state index in [0.29, 0.717) is 25.4 Å². The van der Waals surface area contributed by atoms with E-state index in [9.17, 15) is 4.79 Å². The number of allylic oxidation sites excluding steroid dienone is 1. The van der Waals surface area contributed by atoms with Gasteiger partial charge in [-0.1, -0.05) is 24.3 Å². The summed E-state index contributed by atoms with van der Waals surface area (Å²) in [7, 11) is 1.66. The van der Waals surface area contributed by atoms with Crippen LogP contribution >= 0.6 is 0 Å². The van der Waals surface area contributed by atoms with Crippen molar-refractivity contribution in [2.75, 3.05) is 33.4 Å². The molecule has 0 aromatic heterocycles. The summed E-state index contributed by atoms with van der Waals surface area (Å²) in [4.78, 5) is 17.7. The number of methoxy groups -OCH3 is 1. The predicted molar refractivity (Wildman–Crippen MR) is 111 cm³/mol. The first-order valence-corrected chi connectivity index (χ1v) is 9.50. The molecule has 1 fully saturated rings. The van der Waals surface area contributed by atoms with E-state index in [4.69, 9.17) is 25.0 Å². The van der Waals surface area contributed by atoms with Crippen molar-refractivity contribution in [3.8, 4) is 0 Å². The van der Waals surface area contributed by atoms with Crippen LogP contribution in [0.25, 0.3) is 5.70 Å². The fourth-order valence-electron chi connectivity index (χ4n) is 3.11. The average molecular weight is 398 g/mol. The van der Waals surface area contributed by atoms with E-state index in [0.717, 1.165) is 11.1 Å². The number of nitrogens with one attached hydrogen (secondary N) is 2. The molecule has 154 valence electrons. The SMILES string of the molecule is COC(C)c1ccc(C2=CC(=N)C(=N)C(OC[C@@H]3CN(C(C)=O)CCO3)=N2)cc1. The minimum Gasteiger partial charge on any atom is -0.473 e. The second-order valence-electron chi connectivity index (χ2n) is 7.00. The summed E-state index contributed by atoms with van der Waals surface area (Å²) in [5, 5.41) is 16.2. The van der Waals surface area contributed by atoms with E-state index < -0.39 is 0 Å². The molecule has 0 radical (unpaired) electrons. The first-order chi connectivity index (χ1) is 13.9. The molecule has 1 aromatic carbocycles. The highest BCUT2D eigenvalue weighted by atomic mass is 16.5. The molecule has 1 saturated heterocycles. The van der Waals surface area contributed by atoms with Crippen LogP contribution in [0.15, 0.2) is 35.3 Å². The van der Waals surface area contributed by atoms with Crippen molar-refractivity contribution < 1.29 is 19.0 Å². The molecule has 2 heterocycles. The topological polar surface area (TPSA) is 108 Å². The second-order valence-corrected chi connectivity index (χ2v) is 7.00. The van der Waals surface area contributed by atoms with E-state index in [1.54, 1.807) is 18.1 Å². The van der Waals surface area contributed by atoms with Gasteiger partial charge in [0, 0.05) is 26.1 Å². The minimum atomic E-state index is -0.290. The largest absolute Gasteiger partial charge is 0.473 e. The summed E-state index contributed by atoms with van der Waals surface area (Å²) in [5.74, 6) is 0.0877. The highest BCUT2D eigenvalue weighted by Gasteiger charge is 2.26. The third kappa shape index (κ3) is 4.96. The van der Waals surface area contributed by atoms with Gasteiger partial charge in [-0.3, -0.25) is 15.6 Å². The number of rotatable bonds is 5. The first kappa shape index (κ1) is 20.9. The van der Waals surface area contributed by atoms with Gasteiger partial charge in [0.25, 0.3) is 0 Å². The fourth-order valence-corrected chi connectivity index (χ4v) is 3.11. The second kappa shape index (κ2) is 9.11. The maximum absolute atomic E-state index is 11.6. The van der Waals surface area contributed by atoms with Gasteiger partial charge >= 0.3 is 0 Å². The Labute approximate surface area is 170 Å². The highest BCUT2D eigenvalue weighted by molar-refractivity contribution is 6.69. The zero-order valence-corrected chi connectivity index (χ0v) is 16.9. The lowest BCUT2D eigenvalue weighted by molar-refractivity contribution is -0.137. The maximum Gasteiger partial charge on any atom is 0.242 e. The van der Waals surface area contributed by atoms with E-state index in [1.165, 1.54) is 6.92 Å². The Balaban J connectivity index is 1.71. The maximum atomic E-state index is 11.6. The van der Waals surface area contributed by atoms with Crippen molar-refractivity contribution in [3.63, 3.8) is 0 Å². The van der Waals surface area contributed by atoms with Crippen LogP contribution < -0.4 is 0 Å². The smallest absolute Gasteiger partial charge is 0.242 e. The zero-order valence-electron chi connectivity index (χ0n) is 16.9. The number of carbonyl (C=O) groups is 1. The van der Waals surface area contributed by atoms with Gasteiger partial charge in [-0.2, -0.15) is 0 Å². The summed E-state index contributed by atoms with van der Waals surface area (Å²) >= 11 is 0. The van der Waals surface area contributed by atoms with E-state index >= 15 is 0 Å². The van der Waals surface area contributed by atoms with Crippen LogP contribution in [0.4, 0.5) is 0 Å². The summed E-state index contributed by atoms with van der Waals surface area (Å²) < 4.78 is 16.7. The molecule has 29 heavy (non-hydrogen) atoms. The molecular weight excluding hydrogens is 372 g/mol.